The van der Waals surface area contributed by atoms with Crippen LogP contribution in [0.1, 0.15) is 26.2 Å². The monoisotopic (exact) mass is 152 g/mol. The van der Waals surface area contributed by atoms with Crippen molar-refractivity contribution in [2.24, 2.45) is 0 Å². The first-order valence-corrected chi connectivity index (χ1v) is 3.98. The van der Waals surface area contributed by atoms with Crippen molar-refractivity contribution >= 4 is 5.91 Å². The summed E-state index contributed by atoms with van der Waals surface area (Å²) in [5.41, 5.74) is 0. The van der Waals surface area contributed by atoms with Crippen molar-refractivity contribution in [2.45, 2.75) is 32.2 Å². The van der Waals surface area contributed by atoms with Gasteiger partial charge in [-0.05, 0) is 12.8 Å². The van der Waals surface area contributed by atoms with Crippen molar-refractivity contribution in [3.63, 3.8) is 0 Å². The molecule has 0 spiro atoms. The third kappa shape index (κ3) is 1.51. The SMILES string of the molecule is CC[C@H](C#N)N1CCCC1=O. The van der Waals surface area contributed by atoms with E-state index in [2.05, 4.69) is 6.07 Å². The first-order valence-electron chi connectivity index (χ1n) is 3.98. The molecule has 0 aromatic carbocycles. The molecule has 0 aliphatic carbocycles. The lowest BCUT2D eigenvalue weighted by atomic mass is 10.2. The molecule has 0 saturated carbocycles. The first kappa shape index (κ1) is 8.06. The first-order chi connectivity index (χ1) is 5.29. The summed E-state index contributed by atoms with van der Waals surface area (Å²) in [5, 5.41) is 8.66. The molecule has 1 aliphatic rings. The number of rotatable bonds is 2. The van der Waals surface area contributed by atoms with E-state index in [0.717, 1.165) is 19.4 Å². The highest BCUT2D eigenvalue weighted by Gasteiger charge is 2.26. The summed E-state index contributed by atoms with van der Waals surface area (Å²) in [5.74, 6) is 0.137. The van der Waals surface area contributed by atoms with Crippen LogP contribution in [0.25, 0.3) is 0 Å². The summed E-state index contributed by atoms with van der Waals surface area (Å²) in [4.78, 5) is 12.8. The summed E-state index contributed by atoms with van der Waals surface area (Å²) >= 11 is 0. The molecule has 1 fully saturated rings. The minimum atomic E-state index is -0.190. The number of nitrogens with zero attached hydrogens (tertiary/aromatic N) is 2. The van der Waals surface area contributed by atoms with Gasteiger partial charge in [-0.15, -0.1) is 0 Å². The molecule has 1 rings (SSSR count). The van der Waals surface area contributed by atoms with E-state index in [0.29, 0.717) is 6.42 Å². The van der Waals surface area contributed by atoms with Crippen LogP contribution in [0, 0.1) is 11.3 Å². The van der Waals surface area contributed by atoms with E-state index >= 15 is 0 Å². The number of nitriles is 1. The minimum absolute atomic E-state index is 0.137. The Bertz CT molecular complexity index is 195. The molecule has 11 heavy (non-hydrogen) atoms. The van der Waals surface area contributed by atoms with Gasteiger partial charge in [0.1, 0.15) is 6.04 Å². The molecule has 1 saturated heterocycles. The normalized spacial score (nSPS) is 20.0. The molecule has 0 aromatic rings. The summed E-state index contributed by atoms with van der Waals surface area (Å²) in [6.07, 6.45) is 2.28. The Balaban J connectivity index is 2.59. The van der Waals surface area contributed by atoms with Gasteiger partial charge in [-0.25, -0.2) is 0 Å². The Morgan fingerprint density at radius 2 is 2.55 bits per heavy atom. The van der Waals surface area contributed by atoms with Gasteiger partial charge in [0.25, 0.3) is 0 Å². The molecule has 3 heteroatoms. The van der Waals surface area contributed by atoms with E-state index < -0.39 is 0 Å². The number of hydrogen-bond donors (Lipinski definition) is 0. The Morgan fingerprint density at radius 3 is 2.91 bits per heavy atom. The van der Waals surface area contributed by atoms with E-state index in [1.807, 2.05) is 6.92 Å². The lowest BCUT2D eigenvalue weighted by Gasteiger charge is -2.19. The van der Waals surface area contributed by atoms with Crippen molar-refractivity contribution in [1.82, 2.24) is 4.90 Å². The molecule has 1 atom stereocenters. The summed E-state index contributed by atoms with van der Waals surface area (Å²) in [7, 11) is 0. The van der Waals surface area contributed by atoms with Crippen LogP contribution in [0.15, 0.2) is 0 Å². The van der Waals surface area contributed by atoms with Crippen LogP contribution in [-0.2, 0) is 4.79 Å². The molecule has 0 bridgehead atoms. The van der Waals surface area contributed by atoms with E-state index in [9.17, 15) is 4.79 Å². The summed E-state index contributed by atoms with van der Waals surface area (Å²) < 4.78 is 0. The number of carbonyl (C=O) groups is 1. The highest BCUT2D eigenvalue weighted by atomic mass is 16.2. The van der Waals surface area contributed by atoms with Gasteiger partial charge >= 0.3 is 0 Å². The van der Waals surface area contributed by atoms with Gasteiger partial charge in [-0.2, -0.15) is 5.26 Å². The molecule has 0 unspecified atom stereocenters. The minimum Gasteiger partial charge on any atom is -0.327 e. The van der Waals surface area contributed by atoms with E-state index in [4.69, 9.17) is 5.26 Å². The third-order valence-corrected chi connectivity index (χ3v) is 2.02. The van der Waals surface area contributed by atoms with Gasteiger partial charge in [0, 0.05) is 13.0 Å². The van der Waals surface area contributed by atoms with E-state index in [-0.39, 0.29) is 11.9 Å². The van der Waals surface area contributed by atoms with Gasteiger partial charge in [0.2, 0.25) is 5.91 Å². The Hall–Kier alpha value is -1.04. The fraction of sp³-hybridized carbons (Fsp3) is 0.750. The topological polar surface area (TPSA) is 44.1 Å². The van der Waals surface area contributed by atoms with Crippen LogP contribution >= 0.6 is 0 Å². The van der Waals surface area contributed by atoms with Gasteiger partial charge in [-0.3, -0.25) is 4.79 Å². The molecule has 1 amide bonds. The van der Waals surface area contributed by atoms with E-state index in [1.165, 1.54) is 0 Å². The average Bonchev–Trinajstić information content (AvgIpc) is 2.40. The summed E-state index contributed by atoms with van der Waals surface area (Å²) in [6, 6.07) is 1.94. The molecule has 3 nitrogen and oxygen atoms in total. The van der Waals surface area contributed by atoms with Gasteiger partial charge < -0.3 is 4.90 Å². The maximum atomic E-state index is 11.1. The molecule has 1 heterocycles. The highest BCUT2D eigenvalue weighted by molar-refractivity contribution is 5.78. The van der Waals surface area contributed by atoms with Gasteiger partial charge in [-0.1, -0.05) is 6.92 Å². The predicted molar refractivity (Wildman–Crippen MR) is 40.6 cm³/mol. The second kappa shape index (κ2) is 3.38. The van der Waals surface area contributed by atoms with E-state index in [1.54, 1.807) is 4.90 Å². The number of hydrogen-bond acceptors (Lipinski definition) is 2. The fourth-order valence-corrected chi connectivity index (χ4v) is 1.38. The highest BCUT2D eigenvalue weighted by Crippen LogP contribution is 2.14. The largest absolute Gasteiger partial charge is 0.327 e. The van der Waals surface area contributed by atoms with Crippen molar-refractivity contribution in [2.75, 3.05) is 6.54 Å². The molecule has 0 radical (unpaired) electrons. The van der Waals surface area contributed by atoms with Crippen LogP contribution in [-0.4, -0.2) is 23.4 Å². The Morgan fingerprint density at radius 1 is 1.82 bits per heavy atom. The lowest BCUT2D eigenvalue weighted by molar-refractivity contribution is -0.128. The zero-order valence-electron chi connectivity index (χ0n) is 6.71. The average molecular weight is 152 g/mol. The van der Waals surface area contributed by atoms with Crippen LogP contribution in [0.3, 0.4) is 0 Å². The van der Waals surface area contributed by atoms with Crippen LogP contribution in [0.5, 0.6) is 0 Å². The number of carbonyl (C=O) groups excluding carboxylic acids is 1. The molecule has 60 valence electrons. The van der Waals surface area contributed by atoms with Crippen molar-refractivity contribution < 1.29 is 4.79 Å². The van der Waals surface area contributed by atoms with Gasteiger partial charge in [0.05, 0.1) is 6.07 Å². The maximum absolute atomic E-state index is 11.1. The smallest absolute Gasteiger partial charge is 0.223 e. The van der Waals surface area contributed by atoms with Crippen LogP contribution < -0.4 is 0 Å². The lowest BCUT2D eigenvalue weighted by Crippen LogP contribution is -2.34. The zero-order valence-corrected chi connectivity index (χ0v) is 6.71. The Kier molecular flexibility index (Phi) is 2.48. The second-order valence-corrected chi connectivity index (χ2v) is 2.74. The second-order valence-electron chi connectivity index (χ2n) is 2.74. The molecular weight excluding hydrogens is 140 g/mol. The third-order valence-electron chi connectivity index (χ3n) is 2.02. The standard InChI is InChI=1S/C8H12N2O/c1-2-7(6-9)10-5-3-4-8(10)11/h7H,2-5H2,1H3/t7-/m1/s1. The molecular formula is C8H12N2O. The maximum Gasteiger partial charge on any atom is 0.223 e. The Labute approximate surface area is 66.6 Å². The zero-order chi connectivity index (χ0) is 8.27. The van der Waals surface area contributed by atoms with Crippen molar-refractivity contribution in [1.29, 1.82) is 5.26 Å². The number of likely N-dealkylation sites (tertiary alicyclic amines) is 1. The molecule has 0 aromatic heterocycles. The van der Waals surface area contributed by atoms with Crippen molar-refractivity contribution in [3.05, 3.63) is 0 Å². The van der Waals surface area contributed by atoms with Crippen LogP contribution in [0.4, 0.5) is 0 Å². The summed E-state index contributed by atoms with van der Waals surface area (Å²) in [6.45, 7) is 2.70. The quantitative estimate of drug-likeness (QED) is 0.590. The molecule has 0 N–H and O–H groups in total. The molecule has 1 aliphatic heterocycles. The van der Waals surface area contributed by atoms with Crippen LogP contribution in [0.2, 0.25) is 0 Å². The number of amides is 1. The van der Waals surface area contributed by atoms with Gasteiger partial charge in [0.15, 0.2) is 0 Å². The van der Waals surface area contributed by atoms with Crippen molar-refractivity contribution in [3.8, 4) is 6.07 Å². The predicted octanol–water partition coefficient (Wildman–Crippen LogP) is 0.911. The fourth-order valence-electron chi connectivity index (χ4n) is 1.38.